The Kier molecular flexibility index (Phi) is 5.41. The molecule has 150 valence electrons. The standard InChI is InChI=1S/C20H27N5O3/c1-15-4-3-5-16(12-15)14-24-17(18-21-22-23-25(18)8-11-27-2)13-20(19(24)26)6-9-28-10-7-20/h3-5,12,17H,6-11,13-14H2,1-2H3. The van der Waals surface area contributed by atoms with Crippen LogP contribution >= 0.6 is 0 Å². The van der Waals surface area contributed by atoms with E-state index in [2.05, 4.69) is 40.6 Å². The number of ether oxygens (including phenoxy) is 2. The molecule has 0 radical (unpaired) electrons. The van der Waals surface area contributed by atoms with Gasteiger partial charge in [0, 0.05) is 26.9 Å². The van der Waals surface area contributed by atoms with Crippen molar-refractivity contribution in [1.82, 2.24) is 25.1 Å². The first kappa shape index (κ1) is 19.0. The van der Waals surface area contributed by atoms with Crippen LogP contribution in [-0.2, 0) is 27.4 Å². The number of hydrogen-bond donors (Lipinski definition) is 0. The van der Waals surface area contributed by atoms with Crippen LogP contribution in [0, 0.1) is 12.3 Å². The van der Waals surface area contributed by atoms with E-state index in [1.807, 2.05) is 11.0 Å². The zero-order valence-electron chi connectivity index (χ0n) is 16.5. The van der Waals surface area contributed by atoms with Crippen molar-refractivity contribution >= 4 is 5.91 Å². The number of rotatable bonds is 6. The van der Waals surface area contributed by atoms with Crippen LogP contribution in [0.5, 0.6) is 0 Å². The minimum Gasteiger partial charge on any atom is -0.383 e. The van der Waals surface area contributed by atoms with Gasteiger partial charge in [-0.25, -0.2) is 4.68 Å². The molecule has 2 aliphatic heterocycles. The second-order valence-electron chi connectivity index (χ2n) is 7.79. The monoisotopic (exact) mass is 385 g/mol. The molecule has 1 atom stereocenters. The van der Waals surface area contributed by atoms with Gasteiger partial charge in [0.1, 0.15) is 0 Å². The Morgan fingerprint density at radius 2 is 2.14 bits per heavy atom. The van der Waals surface area contributed by atoms with Gasteiger partial charge in [-0.3, -0.25) is 4.79 Å². The fourth-order valence-electron chi connectivity index (χ4n) is 4.40. The lowest BCUT2D eigenvalue weighted by Gasteiger charge is -2.31. The fraction of sp³-hybridized carbons (Fsp3) is 0.600. The highest BCUT2D eigenvalue weighted by Gasteiger charge is 2.53. The predicted octanol–water partition coefficient (Wildman–Crippen LogP) is 1.90. The molecule has 8 nitrogen and oxygen atoms in total. The SMILES string of the molecule is COCCn1nnnc1C1CC2(CCOCC2)C(=O)N1Cc1cccc(C)c1. The van der Waals surface area contributed by atoms with Crippen LogP contribution in [0.1, 0.15) is 42.3 Å². The number of nitrogens with zero attached hydrogens (tertiary/aromatic N) is 5. The van der Waals surface area contributed by atoms with E-state index in [1.165, 1.54) is 5.56 Å². The van der Waals surface area contributed by atoms with Gasteiger partial charge in [-0.15, -0.1) is 5.10 Å². The number of carbonyl (C=O) groups is 1. The Morgan fingerprint density at radius 3 is 2.89 bits per heavy atom. The summed E-state index contributed by atoms with van der Waals surface area (Å²) in [5.74, 6) is 0.935. The molecule has 3 heterocycles. The molecule has 2 fully saturated rings. The Bertz CT molecular complexity index is 831. The maximum atomic E-state index is 13.6. The summed E-state index contributed by atoms with van der Waals surface area (Å²) in [6, 6.07) is 8.16. The molecule has 1 aromatic heterocycles. The average molecular weight is 385 g/mol. The number of carbonyl (C=O) groups excluding carboxylic acids is 1. The van der Waals surface area contributed by atoms with Crippen LogP contribution in [0.25, 0.3) is 0 Å². The lowest BCUT2D eigenvalue weighted by Crippen LogP contribution is -2.38. The third kappa shape index (κ3) is 3.54. The molecule has 28 heavy (non-hydrogen) atoms. The molecule has 8 heteroatoms. The number of benzene rings is 1. The van der Waals surface area contributed by atoms with Gasteiger partial charge in [0.15, 0.2) is 5.82 Å². The number of aromatic nitrogens is 4. The molecule has 4 rings (SSSR count). The fourth-order valence-corrected chi connectivity index (χ4v) is 4.40. The molecular weight excluding hydrogens is 358 g/mol. The van der Waals surface area contributed by atoms with Gasteiger partial charge in [-0.1, -0.05) is 29.8 Å². The molecule has 2 aromatic rings. The van der Waals surface area contributed by atoms with Crippen molar-refractivity contribution in [3.05, 3.63) is 41.2 Å². The highest BCUT2D eigenvalue weighted by atomic mass is 16.5. The van der Waals surface area contributed by atoms with Gasteiger partial charge in [0.05, 0.1) is 24.6 Å². The predicted molar refractivity (Wildman–Crippen MR) is 101 cm³/mol. The highest BCUT2D eigenvalue weighted by molar-refractivity contribution is 5.85. The number of tetrazole rings is 1. The number of amides is 1. The van der Waals surface area contributed by atoms with Crippen molar-refractivity contribution in [1.29, 1.82) is 0 Å². The largest absolute Gasteiger partial charge is 0.383 e. The van der Waals surface area contributed by atoms with Crippen LogP contribution in [0.3, 0.4) is 0 Å². The van der Waals surface area contributed by atoms with E-state index in [0.717, 1.165) is 30.7 Å². The molecule has 1 aromatic carbocycles. The smallest absolute Gasteiger partial charge is 0.229 e. The first-order chi connectivity index (χ1) is 13.6. The minimum atomic E-state index is -0.370. The van der Waals surface area contributed by atoms with E-state index < -0.39 is 0 Å². The first-order valence-corrected chi connectivity index (χ1v) is 9.82. The van der Waals surface area contributed by atoms with Crippen LogP contribution < -0.4 is 0 Å². The highest BCUT2D eigenvalue weighted by Crippen LogP contribution is 2.49. The average Bonchev–Trinajstić information content (AvgIpc) is 3.26. The lowest BCUT2D eigenvalue weighted by molar-refractivity contribution is -0.141. The normalized spacial score (nSPS) is 21.6. The van der Waals surface area contributed by atoms with Gasteiger partial charge in [-0.2, -0.15) is 0 Å². The molecule has 0 bridgehead atoms. The van der Waals surface area contributed by atoms with Crippen molar-refractivity contribution in [2.45, 2.75) is 45.3 Å². The maximum absolute atomic E-state index is 13.6. The third-order valence-electron chi connectivity index (χ3n) is 5.93. The molecule has 2 aliphatic rings. The topological polar surface area (TPSA) is 82.4 Å². The molecule has 1 spiro atoms. The van der Waals surface area contributed by atoms with E-state index in [4.69, 9.17) is 9.47 Å². The van der Waals surface area contributed by atoms with Gasteiger partial charge in [0.25, 0.3) is 0 Å². The summed E-state index contributed by atoms with van der Waals surface area (Å²) < 4.78 is 12.5. The second-order valence-corrected chi connectivity index (χ2v) is 7.79. The zero-order valence-corrected chi connectivity index (χ0v) is 16.5. The van der Waals surface area contributed by atoms with E-state index in [0.29, 0.717) is 32.9 Å². The Hall–Kier alpha value is -2.32. The quantitative estimate of drug-likeness (QED) is 0.755. The lowest BCUT2D eigenvalue weighted by atomic mass is 9.77. The summed E-state index contributed by atoms with van der Waals surface area (Å²) >= 11 is 0. The van der Waals surface area contributed by atoms with Crippen LogP contribution in [0.2, 0.25) is 0 Å². The molecule has 2 saturated heterocycles. The number of hydrogen-bond acceptors (Lipinski definition) is 6. The summed E-state index contributed by atoms with van der Waals surface area (Å²) in [6.07, 6.45) is 2.24. The van der Waals surface area contributed by atoms with Crippen molar-refractivity contribution in [2.75, 3.05) is 26.9 Å². The molecular formula is C20H27N5O3. The summed E-state index contributed by atoms with van der Waals surface area (Å²) in [4.78, 5) is 15.5. The van der Waals surface area contributed by atoms with E-state index in [9.17, 15) is 4.79 Å². The Morgan fingerprint density at radius 1 is 1.32 bits per heavy atom. The first-order valence-electron chi connectivity index (χ1n) is 9.82. The Balaban J connectivity index is 1.67. The van der Waals surface area contributed by atoms with Crippen molar-refractivity contribution < 1.29 is 14.3 Å². The van der Waals surface area contributed by atoms with Gasteiger partial charge in [-0.05, 0) is 42.2 Å². The van der Waals surface area contributed by atoms with Crippen LogP contribution in [0.4, 0.5) is 0 Å². The second kappa shape index (κ2) is 7.97. The van der Waals surface area contributed by atoms with Crippen molar-refractivity contribution in [2.24, 2.45) is 5.41 Å². The third-order valence-corrected chi connectivity index (χ3v) is 5.93. The number of aryl methyl sites for hydroxylation is 1. The van der Waals surface area contributed by atoms with Gasteiger partial charge in [0.2, 0.25) is 5.91 Å². The molecule has 0 aliphatic carbocycles. The van der Waals surface area contributed by atoms with Crippen molar-refractivity contribution in [3.63, 3.8) is 0 Å². The number of methoxy groups -OCH3 is 1. The summed E-state index contributed by atoms with van der Waals surface area (Å²) in [6.45, 7) is 4.98. The minimum absolute atomic E-state index is 0.141. The van der Waals surface area contributed by atoms with Crippen molar-refractivity contribution in [3.8, 4) is 0 Å². The zero-order chi connectivity index (χ0) is 19.6. The van der Waals surface area contributed by atoms with E-state index in [1.54, 1.807) is 11.8 Å². The Labute approximate surface area is 164 Å². The van der Waals surface area contributed by atoms with Crippen LogP contribution in [-0.4, -0.2) is 57.9 Å². The summed E-state index contributed by atoms with van der Waals surface area (Å²) in [5.41, 5.74) is 1.94. The van der Waals surface area contributed by atoms with E-state index >= 15 is 0 Å². The molecule has 0 N–H and O–H groups in total. The number of likely N-dealkylation sites (tertiary alicyclic amines) is 1. The van der Waals surface area contributed by atoms with Crippen LogP contribution in [0.15, 0.2) is 24.3 Å². The maximum Gasteiger partial charge on any atom is 0.229 e. The summed E-state index contributed by atoms with van der Waals surface area (Å²) in [7, 11) is 1.66. The van der Waals surface area contributed by atoms with Gasteiger partial charge >= 0.3 is 0 Å². The molecule has 1 unspecified atom stereocenters. The summed E-state index contributed by atoms with van der Waals surface area (Å²) in [5, 5.41) is 12.3. The van der Waals surface area contributed by atoms with Gasteiger partial charge < -0.3 is 14.4 Å². The molecule has 1 amide bonds. The molecule has 0 saturated carbocycles. The van der Waals surface area contributed by atoms with E-state index in [-0.39, 0.29) is 17.4 Å².